The van der Waals surface area contributed by atoms with Crippen molar-refractivity contribution < 1.29 is 14.0 Å². The third-order valence-electron chi connectivity index (χ3n) is 8.50. The van der Waals surface area contributed by atoms with Crippen LogP contribution in [-0.4, -0.2) is 46.3 Å². The lowest BCUT2D eigenvalue weighted by molar-refractivity contribution is -0.957. The molecule has 3 aliphatic heterocycles. The van der Waals surface area contributed by atoms with Gasteiger partial charge in [-0.3, -0.25) is 13.9 Å². The Labute approximate surface area is 219 Å². The maximum atomic E-state index is 13.1. The van der Waals surface area contributed by atoms with Crippen LogP contribution >= 0.6 is 12.4 Å². The fourth-order valence-electron chi connectivity index (χ4n) is 6.03. The van der Waals surface area contributed by atoms with E-state index in [1.165, 1.54) is 56.1 Å². The Morgan fingerprint density at radius 3 is 2.25 bits per heavy atom. The number of aromatic nitrogens is 2. The van der Waals surface area contributed by atoms with E-state index in [1.54, 1.807) is 4.57 Å². The first-order valence-corrected chi connectivity index (χ1v) is 12.8. The number of carbonyl (C=O) groups is 1. The molecule has 0 aliphatic carbocycles. The van der Waals surface area contributed by atoms with E-state index in [4.69, 9.17) is 4.74 Å². The first-order chi connectivity index (χ1) is 17.0. The van der Waals surface area contributed by atoms with Gasteiger partial charge in [0.05, 0.1) is 32.4 Å². The monoisotopic (exact) mass is 510 g/mol. The molecule has 2 bridgehead atoms. The molecule has 0 N–H and O–H groups in total. The van der Waals surface area contributed by atoms with E-state index in [0.29, 0.717) is 18.3 Å². The quantitative estimate of drug-likeness (QED) is 0.308. The van der Waals surface area contributed by atoms with Crippen LogP contribution < -0.4 is 5.69 Å². The summed E-state index contributed by atoms with van der Waals surface area (Å²) >= 11 is 0. The highest BCUT2D eigenvalue weighted by Crippen LogP contribution is 2.47. The number of aryl methyl sites for hydroxylation is 2. The lowest BCUT2D eigenvalue weighted by Crippen LogP contribution is -2.61. The van der Waals surface area contributed by atoms with Gasteiger partial charge in [0.1, 0.15) is 6.54 Å². The molecule has 0 radical (unpaired) electrons. The smallest absolute Gasteiger partial charge is 0.332 e. The first-order valence-electron chi connectivity index (χ1n) is 12.8. The van der Waals surface area contributed by atoms with Gasteiger partial charge in [-0.1, -0.05) is 42.5 Å². The van der Waals surface area contributed by atoms with E-state index in [-0.39, 0.29) is 24.1 Å². The Morgan fingerprint density at radius 1 is 0.944 bits per heavy atom. The molecule has 7 heteroatoms. The molecule has 3 aromatic rings. The molecule has 0 saturated carbocycles. The highest BCUT2D eigenvalue weighted by atomic mass is 35.5. The van der Waals surface area contributed by atoms with Gasteiger partial charge in [0.25, 0.3) is 0 Å². The summed E-state index contributed by atoms with van der Waals surface area (Å²) in [5.41, 5.74) is 3.77. The Hall–Kier alpha value is -2.83. The minimum Gasteiger partial charge on any atom is -0.469 e. The lowest BCUT2D eigenvalue weighted by atomic mass is 9.68. The molecule has 6 nitrogen and oxygen atoms in total. The average Bonchev–Trinajstić information content (AvgIpc) is 3.28. The molecule has 3 fully saturated rings. The fraction of sp³-hybridized carbons (Fsp3) is 0.448. The topological polar surface area (TPSA) is 53.2 Å². The molecular weight excluding hydrogens is 474 g/mol. The van der Waals surface area contributed by atoms with Crippen LogP contribution in [0.25, 0.3) is 5.69 Å². The van der Waals surface area contributed by atoms with E-state index in [0.717, 1.165) is 30.8 Å². The van der Waals surface area contributed by atoms with Crippen molar-refractivity contribution in [3.63, 3.8) is 0 Å². The van der Waals surface area contributed by atoms with Crippen molar-refractivity contribution in [2.75, 3.05) is 26.7 Å². The summed E-state index contributed by atoms with van der Waals surface area (Å²) in [7, 11) is 1.41. The van der Waals surface area contributed by atoms with Crippen molar-refractivity contribution >= 4 is 18.4 Å². The van der Waals surface area contributed by atoms with Crippen LogP contribution in [0.3, 0.4) is 0 Å². The number of hydrogen-bond acceptors (Lipinski definition) is 3. The number of imidazole rings is 1. The van der Waals surface area contributed by atoms with Gasteiger partial charge in [0, 0.05) is 50.2 Å². The van der Waals surface area contributed by atoms with Crippen molar-refractivity contribution in [1.29, 1.82) is 0 Å². The maximum absolute atomic E-state index is 13.1. The van der Waals surface area contributed by atoms with Gasteiger partial charge >= 0.3 is 11.7 Å². The maximum Gasteiger partial charge on any atom is 0.332 e. The van der Waals surface area contributed by atoms with Crippen LogP contribution in [0.15, 0.2) is 71.8 Å². The number of piperidine rings is 3. The average molecular weight is 511 g/mol. The molecule has 0 atom stereocenters. The number of methoxy groups -OCH3 is 1. The van der Waals surface area contributed by atoms with E-state index < -0.39 is 0 Å². The second-order valence-electron chi connectivity index (χ2n) is 10.5. The SMILES string of the molecule is COC(=O)CCc1ccc(-n2ccn(CCC34CC[N+](Cc5ccccc5)(CC3)CC4)c2=O)cc1.Cl. The fourth-order valence-corrected chi connectivity index (χ4v) is 6.03. The zero-order chi connectivity index (χ0) is 24.3. The summed E-state index contributed by atoms with van der Waals surface area (Å²) in [4.78, 5) is 24.5. The minimum absolute atomic E-state index is 0. The number of quaternary nitrogens is 1. The van der Waals surface area contributed by atoms with Crippen molar-refractivity contribution in [3.05, 3.63) is 88.6 Å². The summed E-state index contributed by atoms with van der Waals surface area (Å²) in [6.07, 6.45) is 9.66. The normalized spacial score (nSPS) is 22.7. The van der Waals surface area contributed by atoms with Crippen molar-refractivity contribution in [2.24, 2.45) is 5.41 Å². The molecule has 4 heterocycles. The second kappa shape index (κ2) is 11.1. The van der Waals surface area contributed by atoms with Gasteiger partial charge in [0.15, 0.2) is 0 Å². The third-order valence-corrected chi connectivity index (χ3v) is 8.50. The molecule has 2 aromatic carbocycles. The van der Waals surface area contributed by atoms with E-state index in [2.05, 4.69) is 30.3 Å². The van der Waals surface area contributed by atoms with Crippen LogP contribution in [0.5, 0.6) is 0 Å². The number of halogens is 1. The molecule has 0 spiro atoms. The number of rotatable bonds is 9. The highest BCUT2D eigenvalue weighted by Gasteiger charge is 2.48. The Bertz CT molecular complexity index is 1190. The largest absolute Gasteiger partial charge is 0.469 e. The van der Waals surface area contributed by atoms with Crippen LogP contribution in [0.2, 0.25) is 0 Å². The Kier molecular flexibility index (Phi) is 8.06. The van der Waals surface area contributed by atoms with Gasteiger partial charge in [0.2, 0.25) is 0 Å². The molecule has 0 amide bonds. The minimum atomic E-state index is -0.210. The van der Waals surface area contributed by atoms with Gasteiger partial charge in [-0.05, 0) is 36.0 Å². The predicted octanol–water partition coefficient (Wildman–Crippen LogP) is 4.76. The number of nitrogens with zero attached hydrogens (tertiary/aromatic N) is 3. The Morgan fingerprint density at radius 2 is 1.61 bits per heavy atom. The summed E-state index contributed by atoms with van der Waals surface area (Å²) in [6, 6.07) is 18.8. The van der Waals surface area contributed by atoms with Crippen LogP contribution in [0.1, 0.15) is 43.2 Å². The molecule has 1 aromatic heterocycles. The van der Waals surface area contributed by atoms with Crippen molar-refractivity contribution in [2.45, 2.75) is 51.6 Å². The van der Waals surface area contributed by atoms with Crippen LogP contribution in [0.4, 0.5) is 0 Å². The molecule has 3 saturated heterocycles. The molecular formula is C29H37ClN3O3+. The second-order valence-corrected chi connectivity index (χ2v) is 10.5. The summed E-state index contributed by atoms with van der Waals surface area (Å²) in [5, 5.41) is 0. The zero-order valence-corrected chi connectivity index (χ0v) is 21.9. The summed E-state index contributed by atoms with van der Waals surface area (Å²) in [5.74, 6) is -0.210. The lowest BCUT2D eigenvalue weighted by Gasteiger charge is -2.55. The first kappa shape index (κ1) is 26.2. The van der Waals surface area contributed by atoms with Crippen molar-refractivity contribution in [3.8, 4) is 5.69 Å². The number of carbonyl (C=O) groups excluding carboxylic acids is 1. The van der Waals surface area contributed by atoms with E-state index >= 15 is 0 Å². The number of fused-ring (bicyclic) bond motifs is 3. The highest BCUT2D eigenvalue weighted by molar-refractivity contribution is 5.85. The molecule has 0 unspecified atom stereocenters. The van der Waals surface area contributed by atoms with E-state index in [1.807, 2.05) is 41.2 Å². The number of esters is 1. The number of hydrogen-bond donors (Lipinski definition) is 0. The predicted molar refractivity (Wildman–Crippen MR) is 144 cm³/mol. The van der Waals surface area contributed by atoms with Gasteiger partial charge in [-0.2, -0.15) is 0 Å². The molecule has 192 valence electrons. The van der Waals surface area contributed by atoms with Crippen LogP contribution in [-0.2, 0) is 29.0 Å². The summed E-state index contributed by atoms with van der Waals surface area (Å²) < 4.78 is 9.53. The van der Waals surface area contributed by atoms with Gasteiger partial charge in [-0.15, -0.1) is 12.4 Å². The molecule has 6 rings (SSSR count). The Balaban J connectivity index is 0.00000304. The van der Waals surface area contributed by atoms with Gasteiger partial charge in [-0.25, -0.2) is 4.79 Å². The van der Waals surface area contributed by atoms with Crippen molar-refractivity contribution in [1.82, 2.24) is 9.13 Å². The van der Waals surface area contributed by atoms with Crippen LogP contribution in [0, 0.1) is 5.41 Å². The molecule has 36 heavy (non-hydrogen) atoms. The third kappa shape index (κ3) is 5.60. The number of ether oxygens (including phenoxy) is 1. The standard InChI is InChI=1S/C29H36N3O3.ClH/c1-35-27(33)12-9-24-7-10-26(11-8-24)31-19-18-30(28(31)34)17-13-29-14-20-32(21-15-29,22-16-29)23-25-5-3-2-4-6-25;/h2-8,10-11,18-19H,9,12-17,20-23H2,1H3;1H/q+1;. The van der Waals surface area contributed by atoms with Gasteiger partial charge < -0.3 is 9.22 Å². The summed E-state index contributed by atoms with van der Waals surface area (Å²) in [6.45, 7) is 5.70. The number of benzene rings is 2. The zero-order valence-electron chi connectivity index (χ0n) is 21.1. The van der Waals surface area contributed by atoms with E-state index in [9.17, 15) is 9.59 Å². The molecule has 3 aliphatic rings.